The van der Waals surface area contributed by atoms with E-state index in [1.54, 1.807) is 28.4 Å². The smallest absolute Gasteiger partial charge is 0.225 e. The van der Waals surface area contributed by atoms with E-state index in [2.05, 4.69) is 22.8 Å². The van der Waals surface area contributed by atoms with Crippen LogP contribution in [0.3, 0.4) is 0 Å². The molecule has 0 bridgehead atoms. The van der Waals surface area contributed by atoms with E-state index in [9.17, 15) is 0 Å². The van der Waals surface area contributed by atoms with E-state index in [0.29, 0.717) is 40.3 Å². The molecule has 0 saturated heterocycles. The third-order valence-corrected chi connectivity index (χ3v) is 6.59. The van der Waals surface area contributed by atoms with Crippen molar-refractivity contribution in [1.82, 2.24) is 14.1 Å². The number of methoxy groups -OCH3 is 4. The van der Waals surface area contributed by atoms with Gasteiger partial charge < -0.3 is 18.9 Å². The van der Waals surface area contributed by atoms with E-state index in [-0.39, 0.29) is 0 Å². The summed E-state index contributed by atoms with van der Waals surface area (Å²) in [6.07, 6.45) is 0. The lowest BCUT2D eigenvalue weighted by Crippen LogP contribution is -2.41. The number of aromatic nitrogens is 3. The molecule has 6 rings (SSSR count). The molecule has 4 aromatic carbocycles. The Morgan fingerprint density at radius 1 is 0.632 bits per heavy atom. The van der Waals surface area contributed by atoms with Gasteiger partial charge in [0.05, 0.1) is 45.2 Å². The van der Waals surface area contributed by atoms with Crippen LogP contribution in [0.15, 0.2) is 89.9 Å². The number of fused-ring (bicyclic) bond motifs is 5. The minimum absolute atomic E-state index is 0.593. The normalized spacial score (nSPS) is 11.8. The van der Waals surface area contributed by atoms with Gasteiger partial charge >= 0.3 is 0 Å². The van der Waals surface area contributed by atoms with Gasteiger partial charge in [-0.3, -0.25) is 0 Å². The number of ether oxygens (including phenoxy) is 4. The Balaban J connectivity index is 1.79. The van der Waals surface area contributed by atoms with E-state index in [4.69, 9.17) is 28.9 Å². The summed E-state index contributed by atoms with van der Waals surface area (Å²) in [5.41, 5.74) is 3.93. The van der Waals surface area contributed by atoms with Crippen LogP contribution in [0.4, 0.5) is 5.69 Å². The Hall–Kier alpha value is -4.98. The zero-order chi connectivity index (χ0) is 26.2. The molecule has 2 aliphatic rings. The second-order valence-corrected chi connectivity index (χ2v) is 8.60. The third kappa shape index (κ3) is 3.69. The number of nitrogens with zero attached hydrogens (tertiary/aromatic N) is 4. The lowest BCUT2D eigenvalue weighted by Gasteiger charge is -2.25. The van der Waals surface area contributed by atoms with Gasteiger partial charge in [0, 0.05) is 22.9 Å². The molecule has 0 fully saturated rings. The molecular formula is C30H26N4O4. The molecule has 2 aliphatic heterocycles. The van der Waals surface area contributed by atoms with Gasteiger partial charge in [-0.05, 0) is 36.4 Å². The fourth-order valence-corrected chi connectivity index (χ4v) is 4.72. The summed E-state index contributed by atoms with van der Waals surface area (Å²) in [5.74, 6) is 3.31. The summed E-state index contributed by atoms with van der Waals surface area (Å²) in [5, 5.41) is 2.12. The molecule has 8 nitrogen and oxygen atoms in total. The Labute approximate surface area is 219 Å². The molecule has 0 aliphatic carbocycles. The van der Waals surface area contributed by atoms with Crippen molar-refractivity contribution < 1.29 is 18.9 Å². The Kier molecular flexibility index (Phi) is 5.84. The molecular weight excluding hydrogens is 480 g/mol. The summed E-state index contributed by atoms with van der Waals surface area (Å²) in [6, 6.07) is 27.6. The van der Waals surface area contributed by atoms with Crippen molar-refractivity contribution in [3.63, 3.8) is 0 Å². The van der Waals surface area contributed by atoms with Gasteiger partial charge in [0.2, 0.25) is 11.6 Å². The van der Waals surface area contributed by atoms with Gasteiger partial charge in [0.1, 0.15) is 28.7 Å². The third-order valence-electron chi connectivity index (χ3n) is 6.59. The SMILES string of the molecule is COc1ccc(N=c2n(-c3ccc(OC)cc3OC)c3nc4ccccc4c4ccccc4n2-3)c(OC)c1. The van der Waals surface area contributed by atoms with Crippen molar-refractivity contribution in [3.8, 4) is 34.6 Å². The monoisotopic (exact) mass is 506 g/mol. The van der Waals surface area contributed by atoms with Gasteiger partial charge in [-0.15, -0.1) is 0 Å². The first-order valence-electron chi connectivity index (χ1n) is 12.1. The zero-order valence-corrected chi connectivity index (χ0v) is 21.5. The van der Waals surface area contributed by atoms with Gasteiger partial charge in [0.15, 0.2) is 0 Å². The van der Waals surface area contributed by atoms with Crippen LogP contribution >= 0.6 is 0 Å². The second-order valence-electron chi connectivity index (χ2n) is 8.60. The molecule has 0 aromatic heterocycles. The summed E-state index contributed by atoms with van der Waals surface area (Å²) < 4.78 is 26.3. The zero-order valence-electron chi connectivity index (χ0n) is 21.5. The summed E-state index contributed by atoms with van der Waals surface area (Å²) in [7, 11) is 6.51. The molecule has 0 N–H and O–H groups in total. The minimum Gasteiger partial charge on any atom is -0.497 e. The van der Waals surface area contributed by atoms with Gasteiger partial charge in [-0.1, -0.05) is 36.4 Å². The highest BCUT2D eigenvalue weighted by Gasteiger charge is 2.25. The quantitative estimate of drug-likeness (QED) is 0.291. The lowest BCUT2D eigenvalue weighted by atomic mass is 10.1. The number of para-hydroxylation sites is 2. The lowest BCUT2D eigenvalue weighted by molar-refractivity contribution is 0.391. The van der Waals surface area contributed by atoms with Crippen molar-refractivity contribution in [2.45, 2.75) is 0 Å². The molecule has 4 aromatic rings. The fraction of sp³-hybridized carbons (Fsp3) is 0.133. The van der Waals surface area contributed by atoms with Crippen LogP contribution in [-0.2, 0) is 0 Å². The molecule has 190 valence electrons. The van der Waals surface area contributed by atoms with Gasteiger partial charge in [-0.25, -0.2) is 19.1 Å². The van der Waals surface area contributed by atoms with Crippen LogP contribution in [0.1, 0.15) is 0 Å². The maximum Gasteiger partial charge on any atom is 0.225 e. The Morgan fingerprint density at radius 2 is 1.29 bits per heavy atom. The predicted octanol–water partition coefficient (Wildman–Crippen LogP) is 5.67. The summed E-state index contributed by atoms with van der Waals surface area (Å²) in [6.45, 7) is 0. The molecule has 38 heavy (non-hydrogen) atoms. The van der Waals surface area contributed by atoms with Crippen LogP contribution in [-0.4, -0.2) is 42.6 Å². The van der Waals surface area contributed by atoms with E-state index in [1.165, 1.54) is 0 Å². The van der Waals surface area contributed by atoms with Gasteiger partial charge in [-0.2, -0.15) is 0 Å². The number of hydrogen-bond donors (Lipinski definition) is 0. The highest BCUT2D eigenvalue weighted by molar-refractivity contribution is 6.04. The van der Waals surface area contributed by atoms with E-state index in [1.807, 2.05) is 71.3 Å². The van der Waals surface area contributed by atoms with E-state index in [0.717, 1.165) is 27.5 Å². The van der Waals surface area contributed by atoms with Crippen LogP contribution in [0.25, 0.3) is 33.4 Å². The van der Waals surface area contributed by atoms with Crippen LogP contribution in [0, 0.1) is 0 Å². The predicted molar refractivity (Wildman–Crippen MR) is 147 cm³/mol. The first-order valence-corrected chi connectivity index (χ1v) is 12.1. The number of benzene rings is 4. The average molecular weight is 507 g/mol. The summed E-state index contributed by atoms with van der Waals surface area (Å²) in [4.78, 5) is 10.2. The molecule has 2 heterocycles. The van der Waals surface area contributed by atoms with Crippen molar-refractivity contribution in [2.75, 3.05) is 28.4 Å². The van der Waals surface area contributed by atoms with Crippen molar-refractivity contribution in [2.24, 2.45) is 4.99 Å². The largest absolute Gasteiger partial charge is 0.497 e. The first-order chi connectivity index (χ1) is 18.7. The van der Waals surface area contributed by atoms with E-state index >= 15 is 0 Å². The minimum atomic E-state index is 0.593. The maximum absolute atomic E-state index is 5.78. The Bertz CT molecular complexity index is 1840. The standard InChI is InChI=1S/C30H26N4O4/c1-35-19-13-15-24(27(17-19)37-3)32-30-33-25-12-8-6-10-22(25)21-9-5-7-11-23(21)31-29(33)34(30)26-16-14-20(36-2)18-28(26)38-4/h5-18H,1-4H3. The van der Waals surface area contributed by atoms with E-state index < -0.39 is 0 Å². The van der Waals surface area contributed by atoms with Crippen LogP contribution < -0.4 is 24.6 Å². The molecule has 8 heteroatoms. The first kappa shape index (κ1) is 23.4. The molecule has 0 spiro atoms. The Morgan fingerprint density at radius 3 is 2.03 bits per heavy atom. The molecule has 0 amide bonds. The number of rotatable bonds is 6. The molecule has 0 unspecified atom stereocenters. The molecule has 0 atom stereocenters. The topological polar surface area (TPSA) is 72.0 Å². The molecule has 0 saturated carbocycles. The van der Waals surface area contributed by atoms with Crippen LogP contribution in [0.5, 0.6) is 23.0 Å². The average Bonchev–Trinajstić information content (AvgIpc) is 3.09. The molecule has 0 radical (unpaired) electrons. The maximum atomic E-state index is 5.78. The van der Waals surface area contributed by atoms with Crippen LogP contribution in [0.2, 0.25) is 0 Å². The highest BCUT2D eigenvalue weighted by Crippen LogP contribution is 2.34. The highest BCUT2D eigenvalue weighted by atomic mass is 16.5. The second kappa shape index (κ2) is 9.48. The van der Waals surface area contributed by atoms with Gasteiger partial charge in [0.25, 0.3) is 0 Å². The van der Waals surface area contributed by atoms with Crippen molar-refractivity contribution in [1.29, 1.82) is 0 Å². The fourth-order valence-electron chi connectivity index (χ4n) is 4.72. The van der Waals surface area contributed by atoms with Crippen molar-refractivity contribution in [3.05, 3.63) is 90.5 Å². The van der Waals surface area contributed by atoms with Crippen molar-refractivity contribution >= 4 is 27.5 Å². The number of hydrogen-bond acceptors (Lipinski definition) is 6. The summed E-state index contributed by atoms with van der Waals surface area (Å²) >= 11 is 0.